The van der Waals surface area contributed by atoms with E-state index in [1.807, 2.05) is 12.3 Å². The van der Waals surface area contributed by atoms with E-state index in [9.17, 15) is 0 Å². The molecule has 0 saturated carbocycles. The molecule has 38 valence electrons. The second-order valence-corrected chi connectivity index (χ2v) is 2.34. The number of halogens is 1. The van der Waals surface area contributed by atoms with Crippen molar-refractivity contribution in [3.05, 3.63) is 12.3 Å². The van der Waals surface area contributed by atoms with Gasteiger partial charge in [-0.1, -0.05) is 0 Å². The van der Waals surface area contributed by atoms with Gasteiger partial charge in [-0.15, -0.1) is 0 Å². The molecule has 0 aromatic rings. The third-order valence-electron chi connectivity index (χ3n) is 0.633. The Hall–Kier alpha value is -0.0600. The van der Waals surface area contributed by atoms with Gasteiger partial charge in [0.2, 0.25) is 0 Å². The summed E-state index contributed by atoms with van der Waals surface area (Å²) in [7, 11) is 0. The quantitative estimate of drug-likeness (QED) is 0.357. The van der Waals surface area contributed by atoms with Crippen molar-refractivity contribution in [2.45, 2.75) is 4.17 Å². The van der Waals surface area contributed by atoms with E-state index in [2.05, 4.69) is 32.9 Å². The van der Waals surface area contributed by atoms with E-state index >= 15 is 0 Å². The van der Waals surface area contributed by atoms with Crippen LogP contribution in [-0.2, 0) is 0 Å². The van der Waals surface area contributed by atoms with Gasteiger partial charge in [-0.25, -0.2) is 0 Å². The van der Waals surface area contributed by atoms with Gasteiger partial charge in [0.25, 0.3) is 0 Å². The molecule has 0 radical (unpaired) electrons. The molecular formula is C4H5IN2. The van der Waals surface area contributed by atoms with Gasteiger partial charge in [-0.05, 0) is 28.7 Å². The predicted molar refractivity (Wildman–Crippen MR) is 38.6 cm³/mol. The number of aliphatic imine (C=N–C) groups is 1. The molecule has 1 atom stereocenters. The first-order valence-corrected chi connectivity index (χ1v) is 3.22. The van der Waals surface area contributed by atoms with Crippen molar-refractivity contribution in [3.8, 4) is 0 Å². The lowest BCUT2D eigenvalue weighted by Crippen LogP contribution is -2.16. The monoisotopic (exact) mass is 208 g/mol. The minimum absolute atomic E-state index is 0.239. The maximum Gasteiger partial charge on any atom is 0.170 e. The number of alkyl halides is 1. The average molecular weight is 208 g/mol. The highest BCUT2D eigenvalue weighted by atomic mass is 127. The zero-order valence-electron chi connectivity index (χ0n) is 3.63. The van der Waals surface area contributed by atoms with Crippen LogP contribution in [0.3, 0.4) is 0 Å². The zero-order valence-corrected chi connectivity index (χ0v) is 5.79. The van der Waals surface area contributed by atoms with Crippen molar-refractivity contribution in [2.24, 2.45) is 4.99 Å². The van der Waals surface area contributed by atoms with Crippen molar-refractivity contribution < 1.29 is 0 Å². The SMILES string of the molecule is IC1N=CC=CN1. The molecule has 7 heavy (non-hydrogen) atoms. The average Bonchev–Trinajstić information content (AvgIpc) is 1.69. The lowest BCUT2D eigenvalue weighted by Gasteiger charge is -2.04. The van der Waals surface area contributed by atoms with Gasteiger partial charge in [0.15, 0.2) is 4.17 Å². The summed E-state index contributed by atoms with van der Waals surface area (Å²) in [5.74, 6) is 0. The number of hydrogen-bond acceptors (Lipinski definition) is 2. The molecule has 3 heteroatoms. The Labute approximate surface area is 55.8 Å². The number of rotatable bonds is 0. The highest BCUT2D eigenvalue weighted by Crippen LogP contribution is 1.98. The van der Waals surface area contributed by atoms with Gasteiger partial charge in [-0.2, -0.15) is 0 Å². The predicted octanol–water partition coefficient (Wildman–Crippen LogP) is 0.893. The molecule has 0 bridgehead atoms. The van der Waals surface area contributed by atoms with E-state index < -0.39 is 0 Å². The summed E-state index contributed by atoms with van der Waals surface area (Å²) in [6.45, 7) is 0. The molecular weight excluding hydrogens is 203 g/mol. The lowest BCUT2D eigenvalue weighted by molar-refractivity contribution is 0.847. The summed E-state index contributed by atoms with van der Waals surface area (Å²) in [6, 6.07) is 0. The fourth-order valence-electron chi connectivity index (χ4n) is 0.346. The van der Waals surface area contributed by atoms with E-state index in [1.165, 1.54) is 0 Å². The largest absolute Gasteiger partial charge is 0.362 e. The Morgan fingerprint density at radius 1 is 1.71 bits per heavy atom. The molecule has 1 N–H and O–H groups in total. The fourth-order valence-corrected chi connectivity index (χ4v) is 0.740. The van der Waals surface area contributed by atoms with Crippen LogP contribution in [-0.4, -0.2) is 10.4 Å². The number of nitrogens with zero attached hydrogens (tertiary/aromatic N) is 1. The van der Waals surface area contributed by atoms with Crippen molar-refractivity contribution >= 4 is 28.8 Å². The second-order valence-electron chi connectivity index (χ2n) is 1.16. The summed E-state index contributed by atoms with van der Waals surface area (Å²) in [6.07, 6.45) is 5.53. The molecule has 1 unspecified atom stereocenters. The molecule has 0 spiro atoms. The third kappa shape index (κ3) is 1.46. The van der Waals surface area contributed by atoms with Crippen molar-refractivity contribution in [1.82, 2.24) is 5.32 Å². The van der Waals surface area contributed by atoms with E-state index in [0.717, 1.165) is 0 Å². The molecule has 0 aromatic heterocycles. The van der Waals surface area contributed by atoms with Gasteiger partial charge in [0.1, 0.15) is 0 Å². The Morgan fingerprint density at radius 2 is 2.57 bits per heavy atom. The van der Waals surface area contributed by atoms with E-state index in [1.54, 1.807) is 6.21 Å². The van der Waals surface area contributed by atoms with Crippen LogP contribution in [0.25, 0.3) is 0 Å². The van der Waals surface area contributed by atoms with Gasteiger partial charge in [0, 0.05) is 12.4 Å². The Kier molecular flexibility index (Phi) is 1.67. The van der Waals surface area contributed by atoms with Crippen LogP contribution in [0.2, 0.25) is 0 Å². The molecule has 0 amide bonds. The topological polar surface area (TPSA) is 24.4 Å². The van der Waals surface area contributed by atoms with Crippen LogP contribution < -0.4 is 5.32 Å². The molecule has 1 aliphatic heterocycles. The molecule has 2 nitrogen and oxygen atoms in total. The van der Waals surface area contributed by atoms with Gasteiger partial charge >= 0.3 is 0 Å². The minimum Gasteiger partial charge on any atom is -0.362 e. The maximum atomic E-state index is 3.99. The van der Waals surface area contributed by atoms with Crippen LogP contribution in [0.1, 0.15) is 0 Å². The highest BCUT2D eigenvalue weighted by molar-refractivity contribution is 14.1. The molecule has 0 fully saturated rings. The highest BCUT2D eigenvalue weighted by Gasteiger charge is 1.93. The Balaban J connectivity index is 2.49. The first kappa shape index (κ1) is 5.08. The standard InChI is InChI=1S/C4H5IN2/c5-4-6-2-1-3-7-4/h1-4,6H. The van der Waals surface area contributed by atoms with Crippen LogP contribution in [0.4, 0.5) is 0 Å². The van der Waals surface area contributed by atoms with Crippen molar-refractivity contribution in [2.75, 3.05) is 0 Å². The first-order valence-electron chi connectivity index (χ1n) is 1.98. The molecule has 1 rings (SSSR count). The zero-order chi connectivity index (χ0) is 5.11. The van der Waals surface area contributed by atoms with Crippen LogP contribution in [0.5, 0.6) is 0 Å². The van der Waals surface area contributed by atoms with E-state index in [-0.39, 0.29) is 4.17 Å². The van der Waals surface area contributed by atoms with Gasteiger partial charge < -0.3 is 5.32 Å². The van der Waals surface area contributed by atoms with E-state index in [0.29, 0.717) is 0 Å². The van der Waals surface area contributed by atoms with Gasteiger partial charge in [0.05, 0.1) is 0 Å². The van der Waals surface area contributed by atoms with Crippen LogP contribution >= 0.6 is 22.6 Å². The number of hydrogen-bond donors (Lipinski definition) is 1. The summed E-state index contributed by atoms with van der Waals surface area (Å²) >= 11 is 2.20. The summed E-state index contributed by atoms with van der Waals surface area (Å²) in [5.41, 5.74) is 0. The molecule has 0 aromatic carbocycles. The van der Waals surface area contributed by atoms with Crippen LogP contribution in [0, 0.1) is 0 Å². The summed E-state index contributed by atoms with van der Waals surface area (Å²) in [4.78, 5) is 3.99. The number of allylic oxidation sites excluding steroid dienone is 1. The fraction of sp³-hybridized carbons (Fsp3) is 0.250. The maximum absolute atomic E-state index is 3.99. The Bertz CT molecular complexity index is 108. The smallest absolute Gasteiger partial charge is 0.170 e. The molecule has 0 saturated heterocycles. The minimum atomic E-state index is 0.239. The van der Waals surface area contributed by atoms with Crippen molar-refractivity contribution in [1.29, 1.82) is 0 Å². The summed E-state index contributed by atoms with van der Waals surface area (Å²) in [5, 5.41) is 2.99. The van der Waals surface area contributed by atoms with Gasteiger partial charge in [-0.3, -0.25) is 4.99 Å². The molecule has 0 aliphatic carbocycles. The van der Waals surface area contributed by atoms with Crippen molar-refractivity contribution in [3.63, 3.8) is 0 Å². The summed E-state index contributed by atoms with van der Waals surface area (Å²) < 4.78 is 0.239. The number of nitrogens with one attached hydrogen (secondary N) is 1. The first-order chi connectivity index (χ1) is 3.39. The second kappa shape index (κ2) is 2.30. The lowest BCUT2D eigenvalue weighted by atomic mass is 10.6. The molecule has 1 heterocycles. The van der Waals surface area contributed by atoms with Crippen LogP contribution in [0.15, 0.2) is 17.3 Å². The normalized spacial score (nSPS) is 27.3. The third-order valence-corrected chi connectivity index (χ3v) is 1.31. The molecule has 1 aliphatic rings. The Morgan fingerprint density at radius 3 is 2.86 bits per heavy atom. The van der Waals surface area contributed by atoms with E-state index in [4.69, 9.17) is 0 Å².